The number of nitrogens with zero attached hydrogens (tertiary/aromatic N) is 2. The molecule has 9 aromatic rings. The summed E-state index contributed by atoms with van der Waals surface area (Å²) in [6, 6.07) is 57.9. The number of fused-ring (bicyclic) bond motifs is 5. The molecule has 2 aromatic heterocycles. The van der Waals surface area contributed by atoms with E-state index in [9.17, 15) is 19.2 Å². The van der Waals surface area contributed by atoms with Crippen LogP contribution in [0.15, 0.2) is 187 Å². The highest BCUT2D eigenvalue weighted by Gasteiger charge is 2.38. The van der Waals surface area contributed by atoms with Crippen molar-refractivity contribution in [3.05, 3.63) is 235 Å². The van der Waals surface area contributed by atoms with Crippen molar-refractivity contribution in [2.24, 2.45) is 0 Å². The molecule has 12 rings (SSSR count). The van der Waals surface area contributed by atoms with E-state index in [1.54, 1.807) is 72.0 Å². The fourth-order valence-corrected chi connectivity index (χ4v) is 12.0. The van der Waals surface area contributed by atoms with Crippen LogP contribution in [-0.4, -0.2) is 23.1 Å². The van der Waals surface area contributed by atoms with E-state index in [1.807, 2.05) is 42.5 Å². The summed E-state index contributed by atoms with van der Waals surface area (Å²) in [5.74, 6) is -0.967. The maximum Gasteiger partial charge on any atom is 0.197 e. The largest absolute Gasteiger partial charge is 0.301 e. The second kappa shape index (κ2) is 16.0. The molecule has 0 saturated carbocycles. The topological polar surface area (TPSA) is 74.8 Å². The first-order chi connectivity index (χ1) is 33.0. The fraction of sp³-hybridized carbons (Fsp3) is 0.0508. The lowest BCUT2D eigenvalue weighted by Gasteiger charge is -2.41. The van der Waals surface area contributed by atoms with Crippen LogP contribution in [0.3, 0.4) is 0 Å². The monoisotopic (exact) mass is 936 g/mol. The molecule has 0 N–H and O–H groups in total. The third-order valence-electron chi connectivity index (χ3n) is 13.3. The number of benzene rings is 7. The minimum Gasteiger partial charge on any atom is -0.301 e. The summed E-state index contributed by atoms with van der Waals surface area (Å²) >= 11 is 9.46. The van der Waals surface area contributed by atoms with E-state index in [4.69, 9.17) is 11.6 Å². The second-order valence-corrected chi connectivity index (χ2v) is 20.2. The summed E-state index contributed by atoms with van der Waals surface area (Å²) in [5, 5.41) is 4.62. The van der Waals surface area contributed by atoms with E-state index in [-0.39, 0.29) is 39.7 Å². The number of rotatable bonds is 7. The highest BCUT2D eigenvalue weighted by molar-refractivity contribution is 7.17. The molecule has 0 unspecified atom stereocenters. The molecule has 3 heterocycles. The lowest BCUT2D eigenvalue weighted by molar-refractivity contribution is 0.0975. The van der Waals surface area contributed by atoms with Crippen molar-refractivity contribution in [3.63, 3.8) is 0 Å². The first-order valence-electron chi connectivity index (χ1n) is 22.2. The molecule has 0 bridgehead atoms. The molecule has 1 aliphatic heterocycles. The standard InChI is InChI=1S/C59H37ClN2O4S2/c1-59(2)48-15-7-8-16-51(48)62(54-29-25-40(68-54)33-47-57(65)44-13-5-6-14-45(44)58(47)66)52-27-19-35(31-49(52)59)34-18-26-41-36(30-34)10-9-17-50(41)61(38-22-20-37(60)21-23-38)53-28-24-39(67-53)32-46-55(63)42-11-3-4-12-43(42)56(46)64/h3-33H,1-2H3. The van der Waals surface area contributed by atoms with Gasteiger partial charge in [0, 0.05) is 53.5 Å². The average Bonchev–Trinajstić information content (AvgIpc) is 4.14. The summed E-state index contributed by atoms with van der Waals surface area (Å²) in [6.45, 7) is 4.55. The molecule has 3 aliphatic rings. The van der Waals surface area contributed by atoms with Gasteiger partial charge in [-0.1, -0.05) is 123 Å². The van der Waals surface area contributed by atoms with Crippen LogP contribution < -0.4 is 9.80 Å². The van der Waals surface area contributed by atoms with Gasteiger partial charge in [0.25, 0.3) is 0 Å². The molecular formula is C59H37ClN2O4S2. The molecule has 2 aliphatic carbocycles. The number of hydrogen-bond acceptors (Lipinski definition) is 8. The predicted octanol–water partition coefficient (Wildman–Crippen LogP) is 15.8. The Morgan fingerprint density at radius 3 is 1.74 bits per heavy atom. The lowest BCUT2D eigenvalue weighted by atomic mass is 9.73. The Hall–Kier alpha value is -7.75. The van der Waals surface area contributed by atoms with Crippen LogP contribution in [0.2, 0.25) is 5.02 Å². The van der Waals surface area contributed by atoms with E-state index in [1.165, 1.54) is 22.5 Å². The van der Waals surface area contributed by atoms with Crippen molar-refractivity contribution in [2.75, 3.05) is 9.80 Å². The molecule has 0 atom stereocenters. The molecule has 68 heavy (non-hydrogen) atoms. The van der Waals surface area contributed by atoms with Crippen LogP contribution in [0, 0.1) is 0 Å². The van der Waals surface area contributed by atoms with Gasteiger partial charge in [0.1, 0.15) is 10.0 Å². The van der Waals surface area contributed by atoms with E-state index in [0.29, 0.717) is 27.3 Å². The van der Waals surface area contributed by atoms with Gasteiger partial charge < -0.3 is 9.80 Å². The molecule has 0 radical (unpaired) electrons. The zero-order valence-electron chi connectivity index (χ0n) is 36.6. The Labute approximate surface area is 405 Å². The number of carbonyl (C=O) groups excluding carboxylic acids is 4. The summed E-state index contributed by atoms with van der Waals surface area (Å²) in [4.78, 5) is 59.3. The molecule has 0 spiro atoms. The quantitative estimate of drug-likeness (QED) is 0.117. The van der Waals surface area contributed by atoms with E-state index >= 15 is 0 Å². The van der Waals surface area contributed by atoms with Crippen molar-refractivity contribution in [1.29, 1.82) is 0 Å². The molecular weight excluding hydrogens is 900 g/mol. The van der Waals surface area contributed by atoms with E-state index in [0.717, 1.165) is 64.4 Å². The Morgan fingerprint density at radius 2 is 1.07 bits per heavy atom. The maximum atomic E-state index is 13.3. The maximum absolute atomic E-state index is 13.3. The molecule has 0 amide bonds. The average molecular weight is 938 g/mol. The van der Waals surface area contributed by atoms with Gasteiger partial charge in [-0.05, 0) is 119 Å². The van der Waals surface area contributed by atoms with Gasteiger partial charge in [-0.2, -0.15) is 0 Å². The van der Waals surface area contributed by atoms with Crippen molar-refractivity contribution in [3.8, 4) is 11.1 Å². The molecule has 0 saturated heterocycles. The van der Waals surface area contributed by atoms with Gasteiger partial charge in [-0.15, -0.1) is 22.7 Å². The van der Waals surface area contributed by atoms with Gasteiger partial charge in [0.2, 0.25) is 0 Å². The molecule has 6 nitrogen and oxygen atoms in total. The number of para-hydroxylation sites is 1. The number of ketones is 4. The number of thiophene rings is 2. The number of carbonyl (C=O) groups is 4. The Balaban J connectivity index is 0.906. The van der Waals surface area contributed by atoms with E-state index < -0.39 is 0 Å². The number of allylic oxidation sites excluding steroid dienone is 2. The van der Waals surface area contributed by atoms with Gasteiger partial charge in [0.05, 0.1) is 28.2 Å². The fourth-order valence-electron chi connectivity index (χ4n) is 9.91. The SMILES string of the molecule is CC1(C)c2ccccc2N(c2ccc(C=C3C(=O)c4ccccc4C3=O)s2)c2ccc(-c3ccc4c(N(c5ccc(Cl)cc5)c5ccc(C=C6C(=O)c7ccccc7C6=O)s5)cccc4c3)cc21. The van der Waals surface area contributed by atoms with E-state index in [2.05, 4.69) is 109 Å². The summed E-state index contributed by atoms with van der Waals surface area (Å²) in [6.07, 6.45) is 3.45. The Bertz CT molecular complexity index is 3650. The number of Topliss-reactive ketones (excluding diaryl/α,β-unsaturated/α-hetero) is 4. The van der Waals surface area contributed by atoms with Crippen LogP contribution in [0.1, 0.15) is 76.2 Å². The van der Waals surface area contributed by atoms with Gasteiger partial charge >= 0.3 is 0 Å². The van der Waals surface area contributed by atoms with Crippen LogP contribution in [0.25, 0.3) is 34.1 Å². The van der Waals surface area contributed by atoms with Crippen LogP contribution in [0.4, 0.5) is 32.8 Å². The van der Waals surface area contributed by atoms with Gasteiger partial charge in [0.15, 0.2) is 23.1 Å². The number of hydrogen-bond donors (Lipinski definition) is 0. The Kier molecular flexibility index (Phi) is 9.78. The molecule has 9 heteroatoms. The zero-order valence-corrected chi connectivity index (χ0v) is 39.0. The molecule has 326 valence electrons. The van der Waals surface area contributed by atoms with Crippen molar-refractivity contribution >= 4 is 113 Å². The summed E-state index contributed by atoms with van der Waals surface area (Å²) < 4.78 is 0. The first-order valence-corrected chi connectivity index (χ1v) is 24.2. The number of halogens is 1. The highest BCUT2D eigenvalue weighted by atomic mass is 35.5. The van der Waals surface area contributed by atoms with Crippen LogP contribution >= 0.6 is 34.3 Å². The normalized spacial score (nSPS) is 14.5. The minimum absolute atomic E-state index is 0.176. The van der Waals surface area contributed by atoms with Crippen molar-refractivity contribution < 1.29 is 19.2 Å². The predicted molar refractivity (Wildman–Crippen MR) is 278 cm³/mol. The van der Waals surface area contributed by atoms with Crippen molar-refractivity contribution in [2.45, 2.75) is 19.3 Å². The van der Waals surface area contributed by atoms with Gasteiger partial charge in [-0.25, -0.2) is 0 Å². The molecule has 0 fully saturated rings. The number of anilines is 6. The van der Waals surface area contributed by atoms with Gasteiger partial charge in [-0.3, -0.25) is 19.2 Å². The third kappa shape index (κ3) is 6.66. The molecule has 7 aromatic carbocycles. The van der Waals surface area contributed by atoms with Crippen molar-refractivity contribution in [1.82, 2.24) is 0 Å². The Morgan fingerprint density at radius 1 is 0.515 bits per heavy atom. The zero-order chi connectivity index (χ0) is 46.4. The van der Waals surface area contributed by atoms with Crippen LogP contribution in [0.5, 0.6) is 0 Å². The third-order valence-corrected chi connectivity index (χ3v) is 15.6. The first kappa shape index (κ1) is 41.7. The minimum atomic E-state index is -0.337. The summed E-state index contributed by atoms with van der Waals surface area (Å²) in [7, 11) is 0. The smallest absolute Gasteiger partial charge is 0.197 e. The van der Waals surface area contributed by atoms with Crippen LogP contribution in [-0.2, 0) is 5.41 Å². The second-order valence-electron chi connectivity index (χ2n) is 17.6. The highest BCUT2D eigenvalue weighted by Crippen LogP contribution is 2.54. The summed E-state index contributed by atoms with van der Waals surface area (Å²) in [5.41, 5.74) is 10.4. The lowest BCUT2D eigenvalue weighted by Crippen LogP contribution is -2.30.